The van der Waals surface area contributed by atoms with E-state index < -0.39 is 0 Å². The molecule has 0 aliphatic rings. The zero-order valence-electron chi connectivity index (χ0n) is 9.78. The fraction of sp³-hybridized carbons (Fsp3) is 0.667. The van der Waals surface area contributed by atoms with E-state index in [9.17, 15) is 0 Å². The third-order valence-corrected chi connectivity index (χ3v) is 2.83. The van der Waals surface area contributed by atoms with Gasteiger partial charge in [-0.2, -0.15) is 0 Å². The van der Waals surface area contributed by atoms with Gasteiger partial charge in [0.15, 0.2) is 0 Å². The zero-order valence-corrected chi connectivity index (χ0v) is 9.78. The van der Waals surface area contributed by atoms with Crippen molar-refractivity contribution in [2.75, 3.05) is 19.6 Å². The van der Waals surface area contributed by atoms with E-state index in [4.69, 9.17) is 10.2 Å². The van der Waals surface area contributed by atoms with Crippen molar-refractivity contribution < 1.29 is 4.42 Å². The lowest BCUT2D eigenvalue weighted by Crippen LogP contribution is -2.32. The number of hydrogen-bond donors (Lipinski definition) is 1. The molecule has 1 rings (SSSR count). The minimum absolute atomic E-state index is 0.597. The Hall–Kier alpha value is -0.800. The van der Waals surface area contributed by atoms with Gasteiger partial charge in [0.1, 0.15) is 5.76 Å². The van der Waals surface area contributed by atoms with Gasteiger partial charge in [0.25, 0.3) is 0 Å². The standard InChI is InChI=1S/C12H22N2O/c1-3-11(8-13)9-14(4-2)10-12-6-5-7-15-12/h5-7,11H,3-4,8-10,13H2,1-2H3. The summed E-state index contributed by atoms with van der Waals surface area (Å²) in [5, 5.41) is 0. The highest BCUT2D eigenvalue weighted by Gasteiger charge is 2.11. The Morgan fingerprint density at radius 2 is 2.27 bits per heavy atom. The maximum atomic E-state index is 5.71. The van der Waals surface area contributed by atoms with Gasteiger partial charge in [-0.3, -0.25) is 4.90 Å². The summed E-state index contributed by atoms with van der Waals surface area (Å²) < 4.78 is 5.34. The molecule has 0 fully saturated rings. The van der Waals surface area contributed by atoms with Crippen molar-refractivity contribution in [1.29, 1.82) is 0 Å². The van der Waals surface area contributed by atoms with Crippen LogP contribution in [0.1, 0.15) is 26.0 Å². The molecule has 3 nitrogen and oxygen atoms in total. The van der Waals surface area contributed by atoms with Crippen molar-refractivity contribution >= 4 is 0 Å². The van der Waals surface area contributed by atoms with Gasteiger partial charge in [-0.05, 0) is 31.1 Å². The summed E-state index contributed by atoms with van der Waals surface area (Å²) in [6.07, 6.45) is 2.87. The normalized spacial score (nSPS) is 13.3. The Morgan fingerprint density at radius 1 is 1.47 bits per heavy atom. The third kappa shape index (κ3) is 4.06. The average molecular weight is 210 g/mol. The van der Waals surface area contributed by atoms with E-state index >= 15 is 0 Å². The molecule has 0 bridgehead atoms. The highest BCUT2D eigenvalue weighted by atomic mass is 16.3. The van der Waals surface area contributed by atoms with Crippen LogP contribution < -0.4 is 5.73 Å². The zero-order chi connectivity index (χ0) is 11.1. The van der Waals surface area contributed by atoms with Crippen molar-refractivity contribution in [3.8, 4) is 0 Å². The van der Waals surface area contributed by atoms with Gasteiger partial charge in [0.05, 0.1) is 12.8 Å². The Balaban J connectivity index is 2.42. The molecule has 0 aliphatic heterocycles. The van der Waals surface area contributed by atoms with Crippen LogP contribution in [0.2, 0.25) is 0 Å². The topological polar surface area (TPSA) is 42.4 Å². The molecular formula is C12H22N2O. The number of nitrogens with zero attached hydrogens (tertiary/aromatic N) is 1. The summed E-state index contributed by atoms with van der Waals surface area (Å²) in [6, 6.07) is 3.95. The maximum absolute atomic E-state index is 5.71. The molecule has 3 heteroatoms. The summed E-state index contributed by atoms with van der Waals surface area (Å²) in [7, 11) is 0. The minimum Gasteiger partial charge on any atom is -0.468 e. The van der Waals surface area contributed by atoms with Crippen LogP contribution in [0, 0.1) is 5.92 Å². The smallest absolute Gasteiger partial charge is 0.117 e. The first kappa shape index (κ1) is 12.3. The van der Waals surface area contributed by atoms with Crippen LogP contribution in [0.15, 0.2) is 22.8 Å². The van der Waals surface area contributed by atoms with Gasteiger partial charge in [0, 0.05) is 6.54 Å². The first-order chi connectivity index (χ1) is 7.30. The number of hydrogen-bond acceptors (Lipinski definition) is 3. The lowest BCUT2D eigenvalue weighted by Gasteiger charge is -2.23. The maximum Gasteiger partial charge on any atom is 0.117 e. The van der Waals surface area contributed by atoms with E-state index in [0.29, 0.717) is 5.92 Å². The van der Waals surface area contributed by atoms with E-state index in [1.807, 2.05) is 12.1 Å². The van der Waals surface area contributed by atoms with Crippen molar-refractivity contribution in [1.82, 2.24) is 4.90 Å². The van der Waals surface area contributed by atoms with E-state index in [-0.39, 0.29) is 0 Å². The Labute approximate surface area is 92.2 Å². The van der Waals surface area contributed by atoms with Gasteiger partial charge >= 0.3 is 0 Å². The van der Waals surface area contributed by atoms with E-state index in [2.05, 4.69) is 18.7 Å². The highest BCUT2D eigenvalue weighted by Crippen LogP contribution is 2.09. The first-order valence-corrected chi connectivity index (χ1v) is 5.74. The van der Waals surface area contributed by atoms with Crippen LogP contribution in [0.3, 0.4) is 0 Å². The fourth-order valence-corrected chi connectivity index (χ4v) is 1.66. The average Bonchev–Trinajstić information content (AvgIpc) is 2.76. The largest absolute Gasteiger partial charge is 0.468 e. The van der Waals surface area contributed by atoms with Crippen LogP contribution in [0.5, 0.6) is 0 Å². The van der Waals surface area contributed by atoms with E-state index in [1.54, 1.807) is 6.26 Å². The van der Waals surface area contributed by atoms with Crippen molar-refractivity contribution in [3.63, 3.8) is 0 Å². The predicted molar refractivity (Wildman–Crippen MR) is 62.5 cm³/mol. The Morgan fingerprint density at radius 3 is 2.73 bits per heavy atom. The number of nitrogens with two attached hydrogens (primary N) is 1. The van der Waals surface area contributed by atoms with Crippen LogP contribution >= 0.6 is 0 Å². The number of rotatable bonds is 7. The molecule has 1 atom stereocenters. The van der Waals surface area contributed by atoms with Crippen LogP contribution in [0.4, 0.5) is 0 Å². The van der Waals surface area contributed by atoms with Gasteiger partial charge < -0.3 is 10.2 Å². The third-order valence-electron chi connectivity index (χ3n) is 2.83. The first-order valence-electron chi connectivity index (χ1n) is 5.74. The SMILES string of the molecule is CCC(CN)CN(CC)Cc1ccco1. The minimum atomic E-state index is 0.597. The summed E-state index contributed by atoms with van der Waals surface area (Å²) >= 11 is 0. The van der Waals surface area contributed by atoms with Crippen LogP contribution in [-0.2, 0) is 6.54 Å². The lowest BCUT2D eigenvalue weighted by molar-refractivity contribution is 0.216. The monoisotopic (exact) mass is 210 g/mol. The van der Waals surface area contributed by atoms with Crippen molar-refractivity contribution in [2.24, 2.45) is 11.7 Å². The van der Waals surface area contributed by atoms with Gasteiger partial charge in [-0.25, -0.2) is 0 Å². The fourth-order valence-electron chi connectivity index (χ4n) is 1.66. The second-order valence-corrected chi connectivity index (χ2v) is 3.92. The van der Waals surface area contributed by atoms with Crippen LogP contribution in [0.25, 0.3) is 0 Å². The predicted octanol–water partition coefficient (Wildman–Crippen LogP) is 2.09. The summed E-state index contributed by atoms with van der Waals surface area (Å²) in [6.45, 7) is 8.12. The molecule has 15 heavy (non-hydrogen) atoms. The van der Waals surface area contributed by atoms with Gasteiger partial charge in [-0.1, -0.05) is 20.3 Å². The van der Waals surface area contributed by atoms with Crippen LogP contribution in [-0.4, -0.2) is 24.5 Å². The molecule has 1 unspecified atom stereocenters. The van der Waals surface area contributed by atoms with Crippen molar-refractivity contribution in [3.05, 3.63) is 24.2 Å². The summed E-state index contributed by atoms with van der Waals surface area (Å²) in [5.41, 5.74) is 5.71. The molecule has 0 aliphatic carbocycles. The molecule has 1 aromatic rings. The molecule has 1 aromatic heterocycles. The molecule has 2 N–H and O–H groups in total. The molecular weight excluding hydrogens is 188 g/mol. The number of furan rings is 1. The molecule has 0 saturated carbocycles. The molecule has 1 heterocycles. The molecule has 0 aromatic carbocycles. The highest BCUT2D eigenvalue weighted by molar-refractivity contribution is 4.97. The van der Waals surface area contributed by atoms with Gasteiger partial charge in [0.2, 0.25) is 0 Å². The lowest BCUT2D eigenvalue weighted by atomic mass is 10.1. The molecule has 0 amide bonds. The molecule has 0 saturated heterocycles. The second kappa shape index (κ2) is 6.64. The van der Waals surface area contributed by atoms with E-state index in [1.165, 1.54) is 0 Å². The van der Waals surface area contributed by atoms with Crippen molar-refractivity contribution in [2.45, 2.75) is 26.8 Å². The van der Waals surface area contributed by atoms with Gasteiger partial charge in [-0.15, -0.1) is 0 Å². The Kier molecular flexibility index (Phi) is 5.43. The molecule has 0 radical (unpaired) electrons. The van der Waals surface area contributed by atoms with E-state index in [0.717, 1.165) is 38.4 Å². The molecule has 86 valence electrons. The summed E-state index contributed by atoms with van der Waals surface area (Å²) in [4.78, 5) is 2.37. The Bertz CT molecular complexity index is 242. The second-order valence-electron chi connectivity index (χ2n) is 3.92. The quantitative estimate of drug-likeness (QED) is 0.749. The molecule has 0 spiro atoms. The summed E-state index contributed by atoms with van der Waals surface area (Å²) in [5.74, 6) is 1.63.